The maximum atomic E-state index is 9.79. The fourth-order valence-electron chi connectivity index (χ4n) is 0.496. The van der Waals surface area contributed by atoms with Gasteiger partial charge < -0.3 is 10.2 Å². The fraction of sp³-hybridized carbons (Fsp3) is 1.00. The molecule has 0 heterocycles. The zero-order valence-electron chi connectivity index (χ0n) is 5.73. The Balaban J connectivity index is 3.40. The Morgan fingerprint density at radius 2 is 2.00 bits per heavy atom. The number of nitrogens with zero attached hydrogens (tertiary/aromatic N) is 1. The van der Waals surface area contributed by atoms with E-state index >= 15 is 0 Å². The van der Waals surface area contributed by atoms with Gasteiger partial charge in [-0.1, -0.05) is 0 Å². The van der Waals surface area contributed by atoms with Crippen LogP contribution < -0.4 is 0 Å². The van der Waals surface area contributed by atoms with E-state index in [9.17, 15) is 10.1 Å². The third kappa shape index (κ3) is 4.22. The molecule has 0 aromatic carbocycles. The average molecular weight is 149 g/mol. The molecule has 0 spiro atoms. The molecule has 0 aliphatic heterocycles. The molecule has 5 heteroatoms. The number of hydrogen-bond donors (Lipinski definition) is 2. The summed E-state index contributed by atoms with van der Waals surface area (Å²) in [5, 5.41) is 27.0. The fourth-order valence-corrected chi connectivity index (χ4v) is 0.496. The van der Waals surface area contributed by atoms with Crippen LogP contribution in [0.15, 0.2) is 0 Å². The molecule has 0 rings (SSSR count). The molecule has 0 bridgehead atoms. The Morgan fingerprint density at radius 1 is 1.50 bits per heavy atom. The molecule has 0 aromatic rings. The minimum absolute atomic E-state index is 0.00463. The van der Waals surface area contributed by atoms with E-state index in [1.807, 2.05) is 0 Å². The van der Waals surface area contributed by atoms with Gasteiger partial charge in [0.05, 0.1) is 11.0 Å². The van der Waals surface area contributed by atoms with Gasteiger partial charge in [-0.3, -0.25) is 10.1 Å². The molecule has 0 aliphatic carbocycles. The molecule has 0 saturated carbocycles. The van der Waals surface area contributed by atoms with Gasteiger partial charge in [-0.25, -0.2) is 0 Å². The predicted molar refractivity (Wildman–Crippen MR) is 33.9 cm³/mol. The van der Waals surface area contributed by atoms with Crippen molar-refractivity contribution in [2.24, 2.45) is 0 Å². The van der Waals surface area contributed by atoms with E-state index in [2.05, 4.69) is 0 Å². The molecule has 2 unspecified atom stereocenters. The number of aliphatic hydroxyl groups is 2. The van der Waals surface area contributed by atoms with Gasteiger partial charge in [0.2, 0.25) is 0 Å². The van der Waals surface area contributed by atoms with E-state index in [0.29, 0.717) is 0 Å². The number of nitro groups is 1. The molecule has 0 fully saturated rings. The number of aliphatic hydroxyl groups excluding tert-OH is 2. The first-order valence-corrected chi connectivity index (χ1v) is 3.03. The van der Waals surface area contributed by atoms with Crippen LogP contribution in [0, 0.1) is 10.1 Å². The lowest BCUT2D eigenvalue weighted by Crippen LogP contribution is -2.19. The van der Waals surface area contributed by atoms with Crippen LogP contribution in [-0.4, -0.2) is 27.5 Å². The van der Waals surface area contributed by atoms with Crippen molar-refractivity contribution in [3.63, 3.8) is 0 Å². The summed E-state index contributed by atoms with van der Waals surface area (Å²) in [6, 6.07) is 0. The smallest absolute Gasteiger partial charge is 0.313 e. The summed E-state index contributed by atoms with van der Waals surface area (Å²) in [7, 11) is 0. The van der Waals surface area contributed by atoms with Crippen molar-refractivity contribution >= 4 is 0 Å². The van der Waals surface area contributed by atoms with Crippen molar-refractivity contribution in [2.45, 2.75) is 32.1 Å². The van der Waals surface area contributed by atoms with E-state index in [0.717, 1.165) is 0 Å². The topological polar surface area (TPSA) is 83.6 Å². The summed E-state index contributed by atoms with van der Waals surface area (Å²) < 4.78 is 0. The zero-order chi connectivity index (χ0) is 8.15. The maximum absolute atomic E-state index is 9.79. The summed E-state index contributed by atoms with van der Waals surface area (Å²) in [5.74, 6) is 0. The molecule has 0 radical (unpaired) electrons. The lowest BCUT2D eigenvalue weighted by molar-refractivity contribution is -0.571. The van der Waals surface area contributed by atoms with Crippen LogP contribution in [0.4, 0.5) is 0 Å². The Hall–Kier alpha value is -0.680. The number of rotatable bonds is 4. The summed E-state index contributed by atoms with van der Waals surface area (Å²) in [6.45, 7) is 1.52. The zero-order valence-corrected chi connectivity index (χ0v) is 5.73. The van der Waals surface area contributed by atoms with Crippen LogP contribution in [0.3, 0.4) is 0 Å². The third-order valence-corrected chi connectivity index (χ3v) is 1.09. The van der Waals surface area contributed by atoms with Crippen LogP contribution >= 0.6 is 0 Å². The van der Waals surface area contributed by atoms with Gasteiger partial charge in [-0.2, -0.15) is 0 Å². The summed E-state index contributed by atoms with van der Waals surface area (Å²) in [5.41, 5.74) is 0. The van der Waals surface area contributed by atoms with Crippen molar-refractivity contribution < 1.29 is 15.1 Å². The van der Waals surface area contributed by atoms with Gasteiger partial charge in [-0.15, -0.1) is 0 Å². The second kappa shape index (κ2) is 4.19. The highest BCUT2D eigenvalue weighted by Gasteiger charge is 2.14. The monoisotopic (exact) mass is 149 g/mol. The Labute approximate surface area is 58.4 Å². The molecular formula is C5H11NO4. The standard InChI is InChI=1S/C5H11NO4/c1-4(7)2-3-5(8)6(9)10/h4-5,7-8H,2-3H2,1H3. The average Bonchev–Trinajstić information content (AvgIpc) is 1.82. The van der Waals surface area contributed by atoms with E-state index in [1.54, 1.807) is 0 Å². The summed E-state index contributed by atoms with van der Waals surface area (Å²) >= 11 is 0. The van der Waals surface area contributed by atoms with Gasteiger partial charge in [0, 0.05) is 6.42 Å². The van der Waals surface area contributed by atoms with Crippen molar-refractivity contribution in [3.8, 4) is 0 Å². The highest BCUT2D eigenvalue weighted by atomic mass is 16.7. The molecule has 2 N–H and O–H groups in total. The molecular weight excluding hydrogens is 138 g/mol. The largest absolute Gasteiger partial charge is 0.393 e. The van der Waals surface area contributed by atoms with Gasteiger partial charge in [0.25, 0.3) is 0 Å². The van der Waals surface area contributed by atoms with Gasteiger partial charge >= 0.3 is 6.23 Å². The third-order valence-electron chi connectivity index (χ3n) is 1.09. The molecule has 60 valence electrons. The van der Waals surface area contributed by atoms with Gasteiger partial charge in [0.15, 0.2) is 0 Å². The van der Waals surface area contributed by atoms with Crippen LogP contribution in [0.2, 0.25) is 0 Å². The second-order valence-corrected chi connectivity index (χ2v) is 2.19. The molecule has 0 amide bonds. The highest BCUT2D eigenvalue weighted by Crippen LogP contribution is 2.00. The van der Waals surface area contributed by atoms with Crippen molar-refractivity contribution in [1.82, 2.24) is 0 Å². The van der Waals surface area contributed by atoms with E-state index in [-0.39, 0.29) is 12.8 Å². The summed E-state index contributed by atoms with van der Waals surface area (Å²) in [4.78, 5) is 9.01. The van der Waals surface area contributed by atoms with Gasteiger partial charge in [0.1, 0.15) is 0 Å². The van der Waals surface area contributed by atoms with Crippen LogP contribution in [0.25, 0.3) is 0 Å². The molecule has 0 aliphatic rings. The quantitative estimate of drug-likeness (QED) is 0.328. The van der Waals surface area contributed by atoms with Crippen LogP contribution in [0.1, 0.15) is 19.8 Å². The summed E-state index contributed by atoms with van der Waals surface area (Å²) in [6.07, 6.45) is -1.86. The van der Waals surface area contributed by atoms with Crippen molar-refractivity contribution in [1.29, 1.82) is 0 Å². The first-order chi connectivity index (χ1) is 4.54. The molecule has 0 saturated heterocycles. The highest BCUT2D eigenvalue weighted by molar-refractivity contribution is 4.48. The second-order valence-electron chi connectivity index (χ2n) is 2.19. The van der Waals surface area contributed by atoms with E-state index < -0.39 is 17.3 Å². The molecule has 5 nitrogen and oxygen atoms in total. The van der Waals surface area contributed by atoms with E-state index in [1.165, 1.54) is 6.92 Å². The Kier molecular flexibility index (Phi) is 3.90. The van der Waals surface area contributed by atoms with Crippen molar-refractivity contribution in [3.05, 3.63) is 10.1 Å². The maximum Gasteiger partial charge on any atom is 0.313 e. The predicted octanol–water partition coefficient (Wildman–Crippen LogP) is -0.258. The van der Waals surface area contributed by atoms with Crippen molar-refractivity contribution in [2.75, 3.05) is 0 Å². The number of hydrogen-bond acceptors (Lipinski definition) is 4. The Bertz CT molecular complexity index is 114. The molecule has 2 atom stereocenters. The van der Waals surface area contributed by atoms with E-state index in [4.69, 9.17) is 10.2 Å². The minimum Gasteiger partial charge on any atom is -0.393 e. The van der Waals surface area contributed by atoms with Crippen LogP contribution in [0.5, 0.6) is 0 Å². The first-order valence-electron chi connectivity index (χ1n) is 3.03. The normalized spacial score (nSPS) is 16.3. The lowest BCUT2D eigenvalue weighted by atomic mass is 10.2. The minimum atomic E-state index is -1.53. The molecule has 10 heavy (non-hydrogen) atoms. The Morgan fingerprint density at radius 3 is 2.30 bits per heavy atom. The van der Waals surface area contributed by atoms with Crippen LogP contribution in [-0.2, 0) is 0 Å². The lowest BCUT2D eigenvalue weighted by Gasteiger charge is -2.03. The SMILES string of the molecule is CC(O)CCC(O)[N+](=O)[O-]. The first kappa shape index (κ1) is 9.32. The van der Waals surface area contributed by atoms with Gasteiger partial charge in [-0.05, 0) is 13.3 Å². The molecule has 0 aromatic heterocycles.